The van der Waals surface area contributed by atoms with Gasteiger partial charge in [-0.05, 0) is 141 Å². The second kappa shape index (κ2) is 17.7. The van der Waals surface area contributed by atoms with Gasteiger partial charge < -0.3 is 9.80 Å². The normalized spacial score (nSPS) is 11.7. The summed E-state index contributed by atoms with van der Waals surface area (Å²) in [5.74, 6) is 0. The molecule has 1 aromatic heterocycles. The highest BCUT2D eigenvalue weighted by Crippen LogP contribution is 2.39. The van der Waals surface area contributed by atoms with Gasteiger partial charge in [0.1, 0.15) is 0 Å². The summed E-state index contributed by atoms with van der Waals surface area (Å²) in [5.41, 5.74) is 14.7. The van der Waals surface area contributed by atoms with Gasteiger partial charge in [-0.2, -0.15) is 0 Å². The number of anilines is 6. The molecule has 12 aromatic rings. The molecule has 0 N–H and O–H groups in total. The second-order valence-corrected chi connectivity index (χ2v) is 17.1. The third-order valence-electron chi connectivity index (χ3n) is 12.7. The van der Waals surface area contributed by atoms with Gasteiger partial charge in [0.05, 0.1) is 22.1 Å². The smallest absolute Gasteiger partial charge is 0.0979 e. The molecule has 1 heterocycles. The highest BCUT2D eigenvalue weighted by molar-refractivity contribution is 6.24. The summed E-state index contributed by atoms with van der Waals surface area (Å²) >= 11 is 0. The van der Waals surface area contributed by atoms with Crippen molar-refractivity contribution in [2.75, 3.05) is 9.80 Å². The van der Waals surface area contributed by atoms with E-state index >= 15 is 0 Å². The van der Waals surface area contributed by atoms with Crippen LogP contribution in [0.4, 0.5) is 34.1 Å². The minimum Gasteiger partial charge on any atom is -0.311 e. The minimum absolute atomic E-state index is 0.885. The van der Waals surface area contributed by atoms with Gasteiger partial charge in [0.2, 0.25) is 0 Å². The molecule has 0 aliphatic rings. The van der Waals surface area contributed by atoms with Crippen molar-refractivity contribution in [3.05, 3.63) is 265 Å². The van der Waals surface area contributed by atoms with Gasteiger partial charge in [-0.15, -0.1) is 0 Å². The molecular formula is C64H44N4. The summed E-state index contributed by atoms with van der Waals surface area (Å²) in [6, 6.07) is 85.7. The van der Waals surface area contributed by atoms with Crippen molar-refractivity contribution in [2.45, 2.75) is 0 Å². The fourth-order valence-corrected chi connectivity index (χ4v) is 9.37. The topological polar surface area (TPSA) is 32.3 Å². The summed E-state index contributed by atoms with van der Waals surface area (Å²) in [6.07, 6.45) is 8.76. The molecule has 320 valence electrons. The van der Waals surface area contributed by atoms with Crippen LogP contribution in [-0.4, -0.2) is 9.97 Å². The average Bonchev–Trinajstić information content (AvgIpc) is 3.41. The lowest BCUT2D eigenvalue weighted by molar-refractivity contribution is 1.28. The number of rotatable bonds is 10. The highest BCUT2D eigenvalue weighted by Gasteiger charge is 2.16. The van der Waals surface area contributed by atoms with E-state index in [2.05, 4.69) is 277 Å². The van der Waals surface area contributed by atoms with E-state index in [-0.39, 0.29) is 0 Å². The van der Waals surface area contributed by atoms with E-state index in [0.29, 0.717) is 0 Å². The summed E-state index contributed by atoms with van der Waals surface area (Å²) in [7, 11) is 0. The second-order valence-electron chi connectivity index (χ2n) is 17.1. The Kier molecular flexibility index (Phi) is 10.5. The van der Waals surface area contributed by atoms with Crippen LogP contribution in [0.5, 0.6) is 0 Å². The molecule has 0 aliphatic heterocycles. The third-order valence-corrected chi connectivity index (χ3v) is 12.7. The van der Waals surface area contributed by atoms with Gasteiger partial charge in [0, 0.05) is 44.9 Å². The number of benzene rings is 11. The maximum absolute atomic E-state index is 5.42. The minimum atomic E-state index is 0.885. The van der Waals surface area contributed by atoms with Crippen molar-refractivity contribution < 1.29 is 0 Å². The van der Waals surface area contributed by atoms with Gasteiger partial charge in [0.15, 0.2) is 0 Å². The zero-order chi connectivity index (χ0) is 45.2. The lowest BCUT2D eigenvalue weighted by Gasteiger charge is -2.25. The van der Waals surface area contributed by atoms with E-state index < -0.39 is 0 Å². The van der Waals surface area contributed by atoms with Gasteiger partial charge >= 0.3 is 0 Å². The van der Waals surface area contributed by atoms with Crippen LogP contribution in [0.3, 0.4) is 0 Å². The Bertz CT molecular complexity index is 3480. The highest BCUT2D eigenvalue weighted by atomic mass is 15.1. The maximum Gasteiger partial charge on any atom is 0.0979 e. The lowest BCUT2D eigenvalue weighted by Crippen LogP contribution is -2.09. The summed E-state index contributed by atoms with van der Waals surface area (Å²) in [4.78, 5) is 15.4. The van der Waals surface area contributed by atoms with Crippen molar-refractivity contribution >= 4 is 113 Å². The maximum atomic E-state index is 5.42. The Morgan fingerprint density at radius 1 is 0.250 bits per heavy atom. The molecule has 0 bridgehead atoms. The van der Waals surface area contributed by atoms with E-state index in [1.807, 2.05) is 0 Å². The zero-order valence-electron chi connectivity index (χ0n) is 37.2. The van der Waals surface area contributed by atoms with Crippen molar-refractivity contribution in [3.63, 3.8) is 0 Å². The lowest BCUT2D eigenvalue weighted by atomic mass is 9.95. The molecule has 0 amide bonds. The van der Waals surface area contributed by atoms with Gasteiger partial charge in [-0.25, -0.2) is 9.97 Å². The summed E-state index contributed by atoms with van der Waals surface area (Å²) in [6.45, 7) is 0. The molecule has 12 rings (SSSR count). The van der Waals surface area contributed by atoms with Crippen molar-refractivity contribution in [1.82, 2.24) is 9.97 Å². The molecule has 68 heavy (non-hydrogen) atoms. The first-order chi connectivity index (χ1) is 33.7. The SMILES string of the molecule is C(=C\c1ccc2c3ccc(/C=C/c4ccc(N(c5ccccc5)c5ccccc5)cc4)cc3c3nc4cc5ccccc5cc4nc3c2c1)/c1ccc(N(c2ccccc2)c2ccccc2)cc1. The van der Waals surface area contributed by atoms with Crippen LogP contribution in [0.1, 0.15) is 22.3 Å². The standard InChI is InChI=1S/C64H44N4/c1-5-17-51(18-6-1)67(52-19-7-2-8-20-52)55-35-29-45(30-36-55)25-27-47-33-39-57-58-40-34-48(28-26-46-31-37-56(38-32-46)68(53-21-9-3-10-22-53)54-23-11-4-12-24-54)42-60(58)64-63(59(57)41-47)65-61-43-49-15-13-14-16-50(49)44-62(61)66-64/h1-44H/b27-25+,28-26+. The largest absolute Gasteiger partial charge is 0.311 e. The van der Waals surface area contributed by atoms with Crippen LogP contribution in [0.15, 0.2) is 243 Å². The van der Waals surface area contributed by atoms with Crippen molar-refractivity contribution in [3.8, 4) is 0 Å². The molecule has 0 atom stereocenters. The number of hydrogen-bond acceptors (Lipinski definition) is 4. The molecule has 0 radical (unpaired) electrons. The van der Waals surface area contributed by atoms with Gasteiger partial charge in [0.25, 0.3) is 0 Å². The Hall–Kier alpha value is -9.12. The molecule has 0 spiro atoms. The molecule has 0 saturated carbocycles. The van der Waals surface area contributed by atoms with E-state index in [9.17, 15) is 0 Å². The van der Waals surface area contributed by atoms with E-state index in [1.54, 1.807) is 0 Å². The predicted octanol–water partition coefficient (Wildman–Crippen LogP) is 17.5. The molecular weight excluding hydrogens is 825 g/mol. The molecule has 11 aromatic carbocycles. The molecule has 0 unspecified atom stereocenters. The van der Waals surface area contributed by atoms with Crippen LogP contribution in [-0.2, 0) is 0 Å². The summed E-state index contributed by atoms with van der Waals surface area (Å²) < 4.78 is 0. The van der Waals surface area contributed by atoms with Crippen LogP contribution >= 0.6 is 0 Å². The first-order valence-corrected chi connectivity index (χ1v) is 23.1. The van der Waals surface area contributed by atoms with Crippen molar-refractivity contribution in [2.24, 2.45) is 0 Å². The Morgan fingerprint density at radius 2 is 0.544 bits per heavy atom. The van der Waals surface area contributed by atoms with Crippen LogP contribution in [0.2, 0.25) is 0 Å². The van der Waals surface area contributed by atoms with Gasteiger partial charge in [-0.1, -0.05) is 170 Å². The number of aromatic nitrogens is 2. The number of fused-ring (bicyclic) bond motifs is 8. The molecule has 0 saturated heterocycles. The molecule has 0 aliphatic carbocycles. The number of nitrogens with zero attached hydrogens (tertiary/aromatic N) is 4. The third kappa shape index (κ3) is 7.91. The van der Waals surface area contributed by atoms with Gasteiger partial charge in [-0.3, -0.25) is 0 Å². The molecule has 4 nitrogen and oxygen atoms in total. The van der Waals surface area contributed by atoms with Crippen molar-refractivity contribution in [1.29, 1.82) is 0 Å². The van der Waals surface area contributed by atoms with Crippen LogP contribution in [0, 0.1) is 0 Å². The van der Waals surface area contributed by atoms with E-state index in [0.717, 1.165) is 111 Å². The zero-order valence-corrected chi connectivity index (χ0v) is 37.2. The first-order valence-electron chi connectivity index (χ1n) is 23.1. The molecule has 0 fully saturated rings. The van der Waals surface area contributed by atoms with Crippen LogP contribution < -0.4 is 9.80 Å². The quantitative estimate of drug-likeness (QED) is 0.0779. The average molecular weight is 869 g/mol. The summed E-state index contributed by atoms with van der Waals surface area (Å²) in [5, 5.41) is 6.76. The Morgan fingerprint density at radius 3 is 0.897 bits per heavy atom. The van der Waals surface area contributed by atoms with Crippen LogP contribution in [0.25, 0.3) is 78.7 Å². The monoisotopic (exact) mass is 868 g/mol. The van der Waals surface area contributed by atoms with E-state index in [1.165, 1.54) is 0 Å². The number of para-hydroxylation sites is 4. The Balaban J connectivity index is 0.900. The first kappa shape index (κ1) is 40.4. The number of hydrogen-bond donors (Lipinski definition) is 0. The Labute approximate surface area is 395 Å². The van der Waals surface area contributed by atoms with E-state index in [4.69, 9.17) is 9.97 Å². The molecule has 4 heteroatoms. The fourth-order valence-electron chi connectivity index (χ4n) is 9.37. The predicted molar refractivity (Wildman–Crippen MR) is 290 cm³/mol. The fraction of sp³-hybridized carbons (Fsp3) is 0.